The fourth-order valence-corrected chi connectivity index (χ4v) is 15.9. The molecule has 0 saturated heterocycles. The fraction of sp³-hybridized carbons (Fsp3) is 0.944. The second-order valence-corrected chi connectivity index (χ2v) is 25.7. The molecule has 0 aromatic rings. The SMILES string of the molecule is CCC(C)(C)C(=O)OCC12CC3CC(CC(C3)C1)C2.CCC(C)(C)C(=O)OCCC12CC3CC(CC(C3)C1)C2.CCC(C)(C)C(=O)OCCCC12CC3CC(CC(C3)C1)C2. The summed E-state index contributed by atoms with van der Waals surface area (Å²) in [5, 5.41) is 0. The van der Waals surface area contributed by atoms with Crippen LogP contribution in [0.2, 0.25) is 0 Å². The minimum atomic E-state index is -0.319. The van der Waals surface area contributed by atoms with Crippen LogP contribution < -0.4 is 0 Å². The molecule has 0 radical (unpaired) electrons. The van der Waals surface area contributed by atoms with Crippen LogP contribution in [0.4, 0.5) is 0 Å². The van der Waals surface area contributed by atoms with E-state index in [1.807, 2.05) is 41.5 Å². The minimum Gasteiger partial charge on any atom is -0.465 e. The Kier molecular flexibility index (Phi) is 14.0. The number of hydrogen-bond acceptors (Lipinski definition) is 6. The molecule has 342 valence electrons. The van der Waals surface area contributed by atoms with Crippen LogP contribution in [-0.2, 0) is 28.6 Å². The van der Waals surface area contributed by atoms with Crippen molar-refractivity contribution >= 4 is 17.9 Å². The Morgan fingerprint density at radius 1 is 0.400 bits per heavy atom. The molecule has 12 saturated carbocycles. The number of hydrogen-bond donors (Lipinski definition) is 0. The number of rotatable bonds is 15. The molecule has 6 nitrogen and oxygen atoms in total. The highest BCUT2D eigenvalue weighted by Gasteiger charge is 2.53. The van der Waals surface area contributed by atoms with E-state index in [2.05, 4.69) is 20.8 Å². The fourth-order valence-electron chi connectivity index (χ4n) is 15.9. The van der Waals surface area contributed by atoms with Crippen LogP contribution in [0.3, 0.4) is 0 Å². The second-order valence-electron chi connectivity index (χ2n) is 25.7. The molecule has 0 heterocycles. The van der Waals surface area contributed by atoms with Crippen molar-refractivity contribution in [3.05, 3.63) is 0 Å². The van der Waals surface area contributed by atoms with Gasteiger partial charge in [-0.25, -0.2) is 0 Å². The van der Waals surface area contributed by atoms with E-state index in [9.17, 15) is 14.4 Å². The van der Waals surface area contributed by atoms with Gasteiger partial charge in [0.2, 0.25) is 0 Å². The van der Waals surface area contributed by atoms with Crippen molar-refractivity contribution in [1.29, 1.82) is 0 Å². The Hall–Kier alpha value is -1.59. The molecule has 60 heavy (non-hydrogen) atoms. The monoisotopic (exact) mass is 835 g/mol. The van der Waals surface area contributed by atoms with Crippen LogP contribution >= 0.6 is 0 Å². The standard InChI is InChI=1S/C19H32O2.C18H30O2.C17H28O2/c1-4-18(2,3)17(20)21-7-5-6-19-11-14-8-15(12-19)10-16(9-14)13-19;1-4-17(2,3)16(19)20-6-5-18-10-13-7-14(11-18)9-15(8-13)12-18;1-4-16(2,3)15(18)19-11-17-8-12-5-13(9-17)7-14(6-12)10-17/h14-16H,4-13H2,1-3H3;13-15H,4-12H2,1-3H3;12-14H,4-11H2,1-3H3. The topological polar surface area (TPSA) is 78.9 Å². The third-order valence-electron chi connectivity index (χ3n) is 19.3. The number of ether oxygens (including phenoxy) is 3. The molecule has 0 amide bonds. The largest absolute Gasteiger partial charge is 0.465 e. The molecule has 0 atom stereocenters. The summed E-state index contributed by atoms with van der Waals surface area (Å²) >= 11 is 0. The first-order valence-corrected chi connectivity index (χ1v) is 25.8. The zero-order valence-corrected chi connectivity index (χ0v) is 40.2. The maximum atomic E-state index is 12.2. The van der Waals surface area contributed by atoms with E-state index in [0.29, 0.717) is 36.1 Å². The minimum absolute atomic E-state index is 0.00532. The Morgan fingerprint density at radius 2 is 0.667 bits per heavy atom. The van der Waals surface area contributed by atoms with Crippen molar-refractivity contribution in [2.24, 2.45) is 85.8 Å². The van der Waals surface area contributed by atoms with Gasteiger partial charge >= 0.3 is 17.9 Å². The van der Waals surface area contributed by atoms with Crippen molar-refractivity contribution in [2.75, 3.05) is 19.8 Å². The van der Waals surface area contributed by atoms with E-state index in [0.717, 1.165) is 85.4 Å². The highest BCUT2D eigenvalue weighted by atomic mass is 16.5. The normalized spacial score (nSPS) is 39.0. The van der Waals surface area contributed by atoms with Crippen LogP contribution in [0.25, 0.3) is 0 Å². The van der Waals surface area contributed by atoms with E-state index >= 15 is 0 Å². The first-order chi connectivity index (χ1) is 28.3. The molecule has 0 unspecified atom stereocenters. The molecular weight excluding hydrogens is 745 g/mol. The van der Waals surface area contributed by atoms with Gasteiger partial charge in [0.1, 0.15) is 0 Å². The van der Waals surface area contributed by atoms with Gasteiger partial charge < -0.3 is 14.2 Å². The van der Waals surface area contributed by atoms with Crippen molar-refractivity contribution in [1.82, 2.24) is 0 Å². The van der Waals surface area contributed by atoms with Gasteiger partial charge in [0.05, 0.1) is 36.1 Å². The summed E-state index contributed by atoms with van der Waals surface area (Å²) in [7, 11) is 0. The third kappa shape index (κ3) is 10.7. The Morgan fingerprint density at radius 3 is 0.983 bits per heavy atom. The molecule has 6 heteroatoms. The van der Waals surface area contributed by atoms with Gasteiger partial charge in [-0.1, -0.05) is 20.8 Å². The summed E-state index contributed by atoms with van der Waals surface area (Å²) < 4.78 is 16.9. The predicted molar refractivity (Wildman–Crippen MR) is 241 cm³/mol. The van der Waals surface area contributed by atoms with E-state index in [-0.39, 0.29) is 34.2 Å². The average molecular weight is 835 g/mol. The highest BCUT2D eigenvalue weighted by molar-refractivity contribution is 5.76. The number of carbonyl (C=O) groups excluding carboxylic acids is 3. The lowest BCUT2D eigenvalue weighted by Gasteiger charge is -2.57. The lowest BCUT2D eigenvalue weighted by atomic mass is 9.48. The maximum absolute atomic E-state index is 12.2. The van der Waals surface area contributed by atoms with Crippen LogP contribution in [-0.4, -0.2) is 37.7 Å². The molecule has 12 bridgehead atoms. The molecule has 12 aliphatic rings. The van der Waals surface area contributed by atoms with Crippen molar-refractivity contribution in [3.63, 3.8) is 0 Å². The van der Waals surface area contributed by atoms with Gasteiger partial charge in [0.15, 0.2) is 0 Å². The first-order valence-electron chi connectivity index (χ1n) is 25.8. The summed E-state index contributed by atoms with van der Waals surface area (Å²) in [6.45, 7) is 20.1. The smallest absolute Gasteiger partial charge is 0.311 e. The number of carbonyl (C=O) groups is 3. The summed E-state index contributed by atoms with van der Waals surface area (Å²) in [6, 6.07) is 0. The van der Waals surface area contributed by atoms with Crippen LogP contribution in [0.5, 0.6) is 0 Å². The van der Waals surface area contributed by atoms with Crippen LogP contribution in [0.1, 0.15) is 216 Å². The van der Waals surface area contributed by atoms with E-state index in [1.165, 1.54) is 122 Å². The Bertz CT molecular complexity index is 1390. The van der Waals surface area contributed by atoms with Gasteiger partial charge in [-0.15, -0.1) is 0 Å². The van der Waals surface area contributed by atoms with Crippen molar-refractivity contribution < 1.29 is 28.6 Å². The van der Waals surface area contributed by atoms with Crippen LogP contribution in [0.15, 0.2) is 0 Å². The molecule has 12 fully saturated rings. The lowest BCUT2D eigenvalue weighted by molar-refractivity contribution is -0.165. The molecule has 12 rings (SSSR count). The first kappa shape index (κ1) is 46.4. The Labute approximate surface area is 367 Å². The molecule has 12 aliphatic carbocycles. The average Bonchev–Trinajstić information content (AvgIpc) is 3.17. The molecule has 0 aromatic carbocycles. The second kappa shape index (κ2) is 18.1. The van der Waals surface area contributed by atoms with Gasteiger partial charge in [0.25, 0.3) is 0 Å². The van der Waals surface area contributed by atoms with Gasteiger partial charge in [-0.3, -0.25) is 14.4 Å². The van der Waals surface area contributed by atoms with Gasteiger partial charge in [-0.2, -0.15) is 0 Å². The molecule has 0 aliphatic heterocycles. The van der Waals surface area contributed by atoms with Gasteiger partial charge in [0, 0.05) is 5.41 Å². The zero-order valence-electron chi connectivity index (χ0n) is 40.2. The van der Waals surface area contributed by atoms with Gasteiger partial charge in [-0.05, 0) is 260 Å². The van der Waals surface area contributed by atoms with E-state index in [1.54, 1.807) is 0 Å². The quantitative estimate of drug-likeness (QED) is 0.0929. The summed E-state index contributed by atoms with van der Waals surface area (Å²) in [5.41, 5.74) is 0.561. The van der Waals surface area contributed by atoms with E-state index in [4.69, 9.17) is 14.2 Å². The predicted octanol–water partition coefficient (Wildman–Crippen LogP) is 13.7. The van der Waals surface area contributed by atoms with Crippen molar-refractivity contribution in [3.8, 4) is 0 Å². The summed E-state index contributed by atoms with van der Waals surface area (Å²) in [5.74, 6) is 8.83. The zero-order chi connectivity index (χ0) is 43.1. The lowest BCUT2D eigenvalue weighted by Crippen LogP contribution is -2.48. The number of esters is 3. The molecular formula is C54H90O6. The molecule has 0 spiro atoms. The Balaban J connectivity index is 0.000000136. The summed E-state index contributed by atoms with van der Waals surface area (Å²) in [6.07, 6.45) is 32.0. The third-order valence-corrected chi connectivity index (χ3v) is 19.3. The van der Waals surface area contributed by atoms with Crippen LogP contribution in [0, 0.1) is 85.8 Å². The van der Waals surface area contributed by atoms with Crippen molar-refractivity contribution in [2.45, 2.75) is 216 Å². The highest BCUT2D eigenvalue weighted by Crippen LogP contribution is 2.63. The van der Waals surface area contributed by atoms with E-state index < -0.39 is 0 Å². The molecule has 0 aromatic heterocycles. The maximum Gasteiger partial charge on any atom is 0.311 e. The summed E-state index contributed by atoms with van der Waals surface area (Å²) in [4.78, 5) is 36.2. The molecule has 0 N–H and O–H groups in total.